The topological polar surface area (TPSA) is 76.1 Å². The number of nitrogens with zero attached hydrogens (tertiary/aromatic N) is 2. The summed E-state index contributed by atoms with van der Waals surface area (Å²) in [5.74, 6) is 1.22. The van der Waals surface area contributed by atoms with Gasteiger partial charge >= 0.3 is 0 Å². The first kappa shape index (κ1) is 20.7. The molecule has 2 aliphatic rings. The highest BCUT2D eigenvalue weighted by molar-refractivity contribution is 7.89. The summed E-state index contributed by atoms with van der Waals surface area (Å²) in [6.07, 6.45) is 1.78. The van der Waals surface area contributed by atoms with Gasteiger partial charge in [-0.25, -0.2) is 8.42 Å². The van der Waals surface area contributed by atoms with Gasteiger partial charge in [0.1, 0.15) is 13.2 Å². The number of benzene rings is 2. The summed E-state index contributed by atoms with van der Waals surface area (Å²) < 4.78 is 38.3. The summed E-state index contributed by atoms with van der Waals surface area (Å²) >= 11 is 0. The van der Waals surface area contributed by atoms with Crippen LogP contribution < -0.4 is 9.47 Å². The molecule has 0 unspecified atom stereocenters. The number of sulfonamides is 1. The Kier molecular flexibility index (Phi) is 5.97. The first-order valence-electron chi connectivity index (χ1n) is 10.3. The second kappa shape index (κ2) is 8.65. The van der Waals surface area contributed by atoms with Crippen molar-refractivity contribution in [1.82, 2.24) is 9.21 Å². The molecule has 1 saturated heterocycles. The van der Waals surface area contributed by atoms with Gasteiger partial charge in [0.25, 0.3) is 5.91 Å². The molecule has 0 bridgehead atoms. The molecule has 8 heteroatoms. The SMILES string of the molecule is CCN(Cc1cccc2c1OCCO2)C(=O)c1ccc(S(=O)(=O)N2CCCC2)cc1. The van der Waals surface area contributed by atoms with E-state index in [9.17, 15) is 13.2 Å². The normalized spacial score (nSPS) is 16.4. The molecule has 7 nitrogen and oxygen atoms in total. The fourth-order valence-electron chi connectivity index (χ4n) is 3.82. The van der Waals surface area contributed by atoms with Crippen molar-refractivity contribution in [1.29, 1.82) is 0 Å². The van der Waals surface area contributed by atoms with Crippen LogP contribution in [0.3, 0.4) is 0 Å². The van der Waals surface area contributed by atoms with Gasteiger partial charge in [-0.3, -0.25) is 4.79 Å². The summed E-state index contributed by atoms with van der Waals surface area (Å²) in [6.45, 7) is 4.92. The van der Waals surface area contributed by atoms with E-state index in [4.69, 9.17) is 9.47 Å². The Morgan fingerprint density at radius 2 is 1.73 bits per heavy atom. The Morgan fingerprint density at radius 3 is 2.43 bits per heavy atom. The monoisotopic (exact) mass is 430 g/mol. The zero-order chi connectivity index (χ0) is 21.1. The minimum atomic E-state index is -3.49. The van der Waals surface area contributed by atoms with E-state index in [1.165, 1.54) is 16.4 Å². The van der Waals surface area contributed by atoms with Crippen LogP contribution in [0, 0.1) is 0 Å². The number of carbonyl (C=O) groups is 1. The molecule has 1 amide bonds. The lowest BCUT2D eigenvalue weighted by atomic mass is 10.1. The predicted octanol–water partition coefficient (Wildman–Crippen LogP) is 2.90. The van der Waals surface area contributed by atoms with Gasteiger partial charge in [-0.2, -0.15) is 4.31 Å². The van der Waals surface area contributed by atoms with Crippen molar-refractivity contribution in [2.45, 2.75) is 31.2 Å². The van der Waals surface area contributed by atoms with Crippen LogP contribution in [0.5, 0.6) is 11.5 Å². The van der Waals surface area contributed by atoms with Crippen LogP contribution in [0.15, 0.2) is 47.4 Å². The number of hydrogen-bond acceptors (Lipinski definition) is 5. The Morgan fingerprint density at radius 1 is 1.03 bits per heavy atom. The van der Waals surface area contributed by atoms with E-state index in [0.717, 1.165) is 18.4 Å². The minimum absolute atomic E-state index is 0.156. The van der Waals surface area contributed by atoms with Gasteiger partial charge in [-0.1, -0.05) is 12.1 Å². The van der Waals surface area contributed by atoms with E-state index >= 15 is 0 Å². The van der Waals surface area contributed by atoms with Gasteiger partial charge in [-0.15, -0.1) is 0 Å². The highest BCUT2D eigenvalue weighted by Crippen LogP contribution is 2.34. The first-order chi connectivity index (χ1) is 14.5. The number of para-hydroxylation sites is 1. The number of ether oxygens (including phenoxy) is 2. The van der Waals surface area contributed by atoms with Crippen LogP contribution in [0.1, 0.15) is 35.7 Å². The molecule has 2 aliphatic heterocycles. The zero-order valence-electron chi connectivity index (χ0n) is 17.0. The van der Waals surface area contributed by atoms with Gasteiger partial charge in [-0.05, 0) is 50.1 Å². The third-order valence-electron chi connectivity index (χ3n) is 5.48. The van der Waals surface area contributed by atoms with Crippen LogP contribution in [-0.2, 0) is 16.6 Å². The standard InChI is InChI=1S/C22H26N2O5S/c1-2-23(16-18-6-5-7-20-21(18)29-15-14-28-20)22(25)17-8-10-19(11-9-17)30(26,27)24-12-3-4-13-24/h5-11H,2-4,12-16H2,1H3. The molecule has 0 radical (unpaired) electrons. The lowest BCUT2D eigenvalue weighted by molar-refractivity contribution is 0.0749. The predicted molar refractivity (Wildman–Crippen MR) is 112 cm³/mol. The molecule has 30 heavy (non-hydrogen) atoms. The summed E-state index contributed by atoms with van der Waals surface area (Å²) in [7, 11) is -3.49. The van der Waals surface area contributed by atoms with Gasteiger partial charge in [0.15, 0.2) is 11.5 Å². The van der Waals surface area contributed by atoms with Crippen molar-refractivity contribution in [3.63, 3.8) is 0 Å². The Hall–Kier alpha value is -2.58. The Bertz CT molecular complexity index is 1010. The molecular formula is C22H26N2O5S. The molecular weight excluding hydrogens is 404 g/mol. The highest BCUT2D eigenvalue weighted by atomic mass is 32.2. The fourth-order valence-corrected chi connectivity index (χ4v) is 5.34. The van der Waals surface area contributed by atoms with Crippen molar-refractivity contribution in [2.75, 3.05) is 32.8 Å². The Balaban J connectivity index is 1.52. The average Bonchev–Trinajstić information content (AvgIpc) is 3.33. The van der Waals surface area contributed by atoms with Crippen molar-refractivity contribution in [3.05, 3.63) is 53.6 Å². The van der Waals surface area contributed by atoms with Crippen LogP contribution in [0.25, 0.3) is 0 Å². The van der Waals surface area contributed by atoms with Crippen LogP contribution in [-0.4, -0.2) is 56.4 Å². The van der Waals surface area contributed by atoms with Crippen molar-refractivity contribution in [2.24, 2.45) is 0 Å². The molecule has 0 N–H and O–H groups in total. The summed E-state index contributed by atoms with van der Waals surface area (Å²) in [5, 5.41) is 0. The molecule has 0 aliphatic carbocycles. The molecule has 4 rings (SSSR count). The molecule has 2 aromatic carbocycles. The van der Waals surface area contributed by atoms with E-state index < -0.39 is 10.0 Å². The molecule has 2 heterocycles. The average molecular weight is 431 g/mol. The van der Waals surface area contributed by atoms with Crippen molar-refractivity contribution in [3.8, 4) is 11.5 Å². The molecule has 0 aromatic heterocycles. The Labute approximate surface area is 177 Å². The maximum Gasteiger partial charge on any atom is 0.254 e. The van der Waals surface area contributed by atoms with Gasteiger partial charge < -0.3 is 14.4 Å². The third kappa shape index (κ3) is 4.02. The van der Waals surface area contributed by atoms with E-state index in [2.05, 4.69) is 0 Å². The second-order valence-electron chi connectivity index (χ2n) is 7.40. The van der Waals surface area contributed by atoms with Gasteiger partial charge in [0, 0.05) is 37.3 Å². The quantitative estimate of drug-likeness (QED) is 0.704. The number of carbonyl (C=O) groups excluding carboxylic acids is 1. The van der Waals surface area contributed by atoms with E-state index in [0.29, 0.717) is 56.5 Å². The summed E-state index contributed by atoms with van der Waals surface area (Å²) in [5.41, 5.74) is 1.34. The highest BCUT2D eigenvalue weighted by Gasteiger charge is 2.27. The lowest BCUT2D eigenvalue weighted by Gasteiger charge is -2.25. The van der Waals surface area contributed by atoms with Crippen LogP contribution in [0.4, 0.5) is 0 Å². The van der Waals surface area contributed by atoms with Crippen LogP contribution in [0.2, 0.25) is 0 Å². The molecule has 1 fully saturated rings. The van der Waals surface area contributed by atoms with Gasteiger partial charge in [0.2, 0.25) is 10.0 Å². The molecule has 0 saturated carbocycles. The largest absolute Gasteiger partial charge is 0.486 e. The number of amides is 1. The third-order valence-corrected chi connectivity index (χ3v) is 7.39. The first-order valence-corrected chi connectivity index (χ1v) is 11.7. The minimum Gasteiger partial charge on any atom is -0.486 e. The zero-order valence-corrected chi connectivity index (χ0v) is 17.9. The van der Waals surface area contributed by atoms with E-state index in [1.54, 1.807) is 17.0 Å². The molecule has 160 valence electrons. The van der Waals surface area contributed by atoms with E-state index in [1.807, 2.05) is 25.1 Å². The summed E-state index contributed by atoms with van der Waals surface area (Å²) in [6, 6.07) is 11.9. The summed E-state index contributed by atoms with van der Waals surface area (Å²) in [4.78, 5) is 15.0. The molecule has 0 spiro atoms. The number of fused-ring (bicyclic) bond motifs is 1. The molecule has 0 atom stereocenters. The van der Waals surface area contributed by atoms with E-state index in [-0.39, 0.29) is 10.8 Å². The number of hydrogen-bond donors (Lipinski definition) is 0. The van der Waals surface area contributed by atoms with Crippen LogP contribution >= 0.6 is 0 Å². The fraction of sp³-hybridized carbons (Fsp3) is 0.409. The number of rotatable bonds is 6. The van der Waals surface area contributed by atoms with Crippen molar-refractivity contribution < 1.29 is 22.7 Å². The second-order valence-corrected chi connectivity index (χ2v) is 9.33. The maximum atomic E-state index is 13.1. The maximum absolute atomic E-state index is 13.1. The van der Waals surface area contributed by atoms with Crippen molar-refractivity contribution >= 4 is 15.9 Å². The lowest BCUT2D eigenvalue weighted by Crippen LogP contribution is -2.31. The van der Waals surface area contributed by atoms with Gasteiger partial charge in [0.05, 0.1) is 4.90 Å². The molecule has 2 aromatic rings. The smallest absolute Gasteiger partial charge is 0.254 e.